The van der Waals surface area contributed by atoms with Crippen molar-refractivity contribution in [2.75, 3.05) is 20.6 Å². The minimum atomic E-state index is -0.205. The van der Waals surface area contributed by atoms with Gasteiger partial charge < -0.3 is 14.6 Å². The third-order valence-electron chi connectivity index (χ3n) is 4.06. The fourth-order valence-electron chi connectivity index (χ4n) is 2.70. The van der Waals surface area contributed by atoms with Crippen LogP contribution in [0.1, 0.15) is 27.0 Å². The van der Waals surface area contributed by atoms with Gasteiger partial charge in [0.05, 0.1) is 6.04 Å². The molecule has 126 valence electrons. The van der Waals surface area contributed by atoms with Crippen molar-refractivity contribution in [1.82, 2.24) is 10.2 Å². The van der Waals surface area contributed by atoms with Gasteiger partial charge in [0.1, 0.15) is 5.58 Å². The van der Waals surface area contributed by atoms with Crippen LogP contribution in [0.3, 0.4) is 0 Å². The predicted octanol–water partition coefficient (Wildman–Crippen LogP) is 4.49. The summed E-state index contributed by atoms with van der Waals surface area (Å²) in [6, 6.07) is 9.60. The van der Waals surface area contributed by atoms with Crippen molar-refractivity contribution in [1.29, 1.82) is 0 Å². The number of rotatable bonds is 5. The number of nitrogens with one attached hydrogen (secondary N) is 1. The summed E-state index contributed by atoms with van der Waals surface area (Å²) in [4.78, 5) is 15.9. The number of hydrogen-bond donors (Lipinski definition) is 1. The van der Waals surface area contributed by atoms with Crippen LogP contribution in [-0.4, -0.2) is 31.4 Å². The van der Waals surface area contributed by atoms with Gasteiger partial charge in [-0.05, 0) is 50.7 Å². The molecule has 2 aromatic heterocycles. The van der Waals surface area contributed by atoms with Crippen molar-refractivity contribution in [3.63, 3.8) is 0 Å². The Labute approximate surface area is 150 Å². The zero-order chi connectivity index (χ0) is 17.3. The van der Waals surface area contributed by atoms with Crippen LogP contribution in [0, 0.1) is 6.92 Å². The van der Waals surface area contributed by atoms with E-state index in [1.165, 1.54) is 4.88 Å². The molecular weight excluding hydrogens is 344 g/mol. The average Bonchev–Trinajstić information content (AvgIpc) is 3.16. The summed E-state index contributed by atoms with van der Waals surface area (Å²) < 4.78 is 5.72. The summed E-state index contributed by atoms with van der Waals surface area (Å²) in [7, 11) is 4.01. The van der Waals surface area contributed by atoms with Gasteiger partial charge in [-0.3, -0.25) is 4.79 Å². The Hall–Kier alpha value is -1.82. The molecule has 1 N–H and O–H groups in total. The molecule has 4 nitrogen and oxygen atoms in total. The normalized spacial score (nSPS) is 12.7. The van der Waals surface area contributed by atoms with Gasteiger partial charge in [0, 0.05) is 27.4 Å². The van der Waals surface area contributed by atoms with E-state index in [1.54, 1.807) is 23.5 Å². The number of hydrogen-bond acceptors (Lipinski definition) is 4. The van der Waals surface area contributed by atoms with E-state index in [9.17, 15) is 4.79 Å². The lowest BCUT2D eigenvalue weighted by atomic mass is 10.1. The zero-order valence-electron chi connectivity index (χ0n) is 13.8. The first kappa shape index (κ1) is 17.0. The third kappa shape index (κ3) is 3.34. The van der Waals surface area contributed by atoms with E-state index in [0.717, 1.165) is 10.9 Å². The number of furan rings is 1. The Morgan fingerprint density at radius 2 is 2.17 bits per heavy atom. The third-order valence-corrected chi connectivity index (χ3v) is 5.26. The van der Waals surface area contributed by atoms with Crippen LogP contribution >= 0.6 is 22.9 Å². The fourth-order valence-corrected chi connectivity index (χ4v) is 3.79. The molecule has 1 amide bonds. The highest BCUT2D eigenvalue weighted by Crippen LogP contribution is 2.28. The first-order valence-electron chi connectivity index (χ1n) is 7.64. The summed E-state index contributed by atoms with van der Waals surface area (Å²) in [5, 5.41) is 6.53. The highest BCUT2D eigenvalue weighted by Gasteiger charge is 2.21. The second-order valence-electron chi connectivity index (χ2n) is 5.90. The maximum absolute atomic E-state index is 12.6. The lowest BCUT2D eigenvalue weighted by Crippen LogP contribution is -2.34. The highest BCUT2D eigenvalue weighted by molar-refractivity contribution is 7.10. The molecule has 0 aliphatic heterocycles. The molecule has 1 atom stereocenters. The maximum atomic E-state index is 12.6. The second-order valence-corrected chi connectivity index (χ2v) is 7.32. The Morgan fingerprint density at radius 1 is 1.38 bits per heavy atom. The van der Waals surface area contributed by atoms with Gasteiger partial charge in [-0.15, -0.1) is 11.3 Å². The maximum Gasteiger partial charge on any atom is 0.287 e. The molecule has 0 spiro atoms. The molecular formula is C18H19ClN2O2S. The number of benzene rings is 1. The summed E-state index contributed by atoms with van der Waals surface area (Å²) in [5.41, 5.74) is 1.48. The average molecular weight is 363 g/mol. The number of carbonyl (C=O) groups excluding carboxylic acids is 1. The number of nitrogens with zero attached hydrogens (tertiary/aromatic N) is 1. The van der Waals surface area contributed by atoms with Gasteiger partial charge in [-0.2, -0.15) is 0 Å². The van der Waals surface area contributed by atoms with Gasteiger partial charge in [0.2, 0.25) is 0 Å². The number of thiophene rings is 1. The van der Waals surface area contributed by atoms with Crippen molar-refractivity contribution >= 4 is 39.8 Å². The van der Waals surface area contributed by atoms with Crippen LogP contribution in [0.4, 0.5) is 0 Å². The highest BCUT2D eigenvalue weighted by atomic mass is 35.5. The molecule has 0 saturated carbocycles. The predicted molar refractivity (Wildman–Crippen MR) is 99.0 cm³/mol. The molecule has 0 aliphatic carbocycles. The molecule has 1 aromatic carbocycles. The molecule has 0 aliphatic rings. The Kier molecular flexibility index (Phi) is 4.94. The lowest BCUT2D eigenvalue weighted by molar-refractivity contribution is 0.0916. The molecule has 0 fully saturated rings. The summed E-state index contributed by atoms with van der Waals surface area (Å²) in [6.07, 6.45) is 0. The Bertz CT molecular complexity index is 855. The van der Waals surface area contributed by atoms with Crippen LogP contribution in [0.5, 0.6) is 0 Å². The molecule has 24 heavy (non-hydrogen) atoms. The van der Waals surface area contributed by atoms with Crippen molar-refractivity contribution in [2.24, 2.45) is 0 Å². The van der Waals surface area contributed by atoms with Crippen molar-refractivity contribution in [2.45, 2.75) is 13.0 Å². The zero-order valence-corrected chi connectivity index (χ0v) is 15.4. The SMILES string of the molecule is Cc1c(C(=O)NCC(c2cccs2)N(C)C)oc2ccc(Cl)cc12. The van der Waals surface area contributed by atoms with Gasteiger partial charge in [0.15, 0.2) is 5.76 Å². The Morgan fingerprint density at radius 3 is 2.83 bits per heavy atom. The number of likely N-dealkylation sites (N-methyl/N-ethyl adjacent to an activating group) is 1. The first-order chi connectivity index (χ1) is 11.5. The van der Waals surface area contributed by atoms with E-state index in [2.05, 4.69) is 16.3 Å². The molecule has 0 radical (unpaired) electrons. The van der Waals surface area contributed by atoms with E-state index >= 15 is 0 Å². The molecule has 0 saturated heterocycles. The smallest absolute Gasteiger partial charge is 0.287 e. The molecule has 3 rings (SSSR count). The van der Waals surface area contributed by atoms with Crippen LogP contribution in [0.2, 0.25) is 5.02 Å². The van der Waals surface area contributed by atoms with Crippen molar-refractivity contribution in [3.05, 3.63) is 56.9 Å². The topological polar surface area (TPSA) is 45.5 Å². The molecule has 3 aromatic rings. The number of fused-ring (bicyclic) bond motifs is 1. The molecule has 6 heteroatoms. The number of halogens is 1. The van der Waals surface area contributed by atoms with E-state index in [0.29, 0.717) is 22.9 Å². The minimum absolute atomic E-state index is 0.132. The van der Waals surface area contributed by atoms with Crippen LogP contribution in [0.25, 0.3) is 11.0 Å². The fraction of sp³-hybridized carbons (Fsp3) is 0.278. The van der Waals surface area contributed by atoms with Crippen molar-refractivity contribution in [3.8, 4) is 0 Å². The molecule has 0 bridgehead atoms. The largest absolute Gasteiger partial charge is 0.451 e. The number of amides is 1. The monoisotopic (exact) mass is 362 g/mol. The Balaban J connectivity index is 1.79. The number of carbonyl (C=O) groups is 1. The van der Waals surface area contributed by atoms with E-state index in [1.807, 2.05) is 38.5 Å². The van der Waals surface area contributed by atoms with Crippen molar-refractivity contribution < 1.29 is 9.21 Å². The van der Waals surface area contributed by atoms with Gasteiger partial charge in [-0.25, -0.2) is 0 Å². The van der Waals surface area contributed by atoms with Crippen LogP contribution in [0.15, 0.2) is 40.1 Å². The lowest BCUT2D eigenvalue weighted by Gasteiger charge is -2.23. The number of aryl methyl sites for hydroxylation is 1. The standard InChI is InChI=1S/C18H19ClN2O2S/c1-11-13-9-12(19)6-7-15(13)23-17(11)18(22)20-10-14(21(2)3)16-5-4-8-24-16/h4-9,14H,10H2,1-3H3,(H,20,22). The molecule has 2 heterocycles. The van der Waals surface area contributed by atoms with Gasteiger partial charge in [-0.1, -0.05) is 17.7 Å². The summed E-state index contributed by atoms with van der Waals surface area (Å²) in [6.45, 7) is 2.39. The van der Waals surface area contributed by atoms with Crippen LogP contribution < -0.4 is 5.32 Å². The second kappa shape index (κ2) is 6.97. The van der Waals surface area contributed by atoms with Gasteiger partial charge >= 0.3 is 0 Å². The quantitative estimate of drug-likeness (QED) is 0.727. The first-order valence-corrected chi connectivity index (χ1v) is 8.90. The summed E-state index contributed by atoms with van der Waals surface area (Å²) in [5.74, 6) is 0.138. The van der Waals surface area contributed by atoms with E-state index < -0.39 is 0 Å². The van der Waals surface area contributed by atoms with E-state index in [4.69, 9.17) is 16.0 Å². The van der Waals surface area contributed by atoms with Crippen LogP contribution in [-0.2, 0) is 0 Å². The summed E-state index contributed by atoms with van der Waals surface area (Å²) >= 11 is 7.71. The van der Waals surface area contributed by atoms with Gasteiger partial charge in [0.25, 0.3) is 5.91 Å². The van der Waals surface area contributed by atoms with E-state index in [-0.39, 0.29) is 11.9 Å². The molecule has 1 unspecified atom stereocenters. The minimum Gasteiger partial charge on any atom is -0.451 e.